The number of hydrogen-bond donors (Lipinski definition) is 1. The summed E-state index contributed by atoms with van der Waals surface area (Å²) in [4.78, 5) is 18.8. The van der Waals surface area contributed by atoms with E-state index in [-0.39, 0.29) is 5.69 Å². The zero-order valence-electron chi connectivity index (χ0n) is 11.9. The minimum atomic E-state index is -0.445. The van der Waals surface area contributed by atoms with Crippen LogP contribution >= 0.6 is 0 Å². The zero-order valence-corrected chi connectivity index (χ0v) is 11.9. The molecule has 0 saturated heterocycles. The van der Waals surface area contributed by atoms with Crippen LogP contribution in [0.15, 0.2) is 30.6 Å². The smallest absolute Gasteiger partial charge is 0.275 e. The highest BCUT2D eigenvalue weighted by molar-refractivity contribution is 5.56. The van der Waals surface area contributed by atoms with E-state index in [0.717, 1.165) is 11.4 Å². The lowest BCUT2D eigenvalue weighted by Crippen LogP contribution is -2.04. The van der Waals surface area contributed by atoms with Crippen LogP contribution in [0.4, 0.5) is 11.4 Å². The second-order valence-corrected chi connectivity index (χ2v) is 4.41. The molecule has 0 bridgehead atoms. The van der Waals surface area contributed by atoms with E-state index < -0.39 is 4.92 Å². The van der Waals surface area contributed by atoms with E-state index in [9.17, 15) is 10.1 Å². The van der Waals surface area contributed by atoms with Crippen molar-refractivity contribution in [1.29, 1.82) is 0 Å². The van der Waals surface area contributed by atoms with Crippen LogP contribution in [-0.2, 0) is 6.54 Å². The Bertz CT molecular complexity index is 629. The topological polar surface area (TPSA) is 90.2 Å². The Hall–Kier alpha value is -2.70. The van der Waals surface area contributed by atoms with Gasteiger partial charge < -0.3 is 10.1 Å². The summed E-state index contributed by atoms with van der Waals surface area (Å²) in [6, 6.07) is 4.59. The first kappa shape index (κ1) is 14.7. The highest BCUT2D eigenvalue weighted by atomic mass is 16.6. The maximum absolute atomic E-state index is 10.9. The molecule has 7 heteroatoms. The summed E-state index contributed by atoms with van der Waals surface area (Å²) in [5.41, 5.74) is 2.19. The lowest BCUT2D eigenvalue weighted by Gasteiger charge is -2.09. The minimum Gasteiger partial charge on any atom is -0.494 e. The molecule has 21 heavy (non-hydrogen) atoms. The van der Waals surface area contributed by atoms with Gasteiger partial charge in [-0.3, -0.25) is 20.1 Å². The van der Waals surface area contributed by atoms with E-state index >= 15 is 0 Å². The van der Waals surface area contributed by atoms with Crippen LogP contribution < -0.4 is 10.1 Å². The predicted octanol–water partition coefficient (Wildman–Crippen LogP) is 2.70. The average molecular weight is 288 g/mol. The monoisotopic (exact) mass is 288 g/mol. The lowest BCUT2D eigenvalue weighted by atomic mass is 10.2. The third-order valence-electron chi connectivity index (χ3n) is 2.72. The molecular weight excluding hydrogens is 272 g/mol. The molecule has 0 aliphatic carbocycles. The fraction of sp³-hybridized carbons (Fsp3) is 0.286. The minimum absolute atomic E-state index is 0.0153. The molecule has 1 aromatic heterocycles. The second kappa shape index (κ2) is 6.65. The van der Waals surface area contributed by atoms with Crippen LogP contribution in [0, 0.1) is 17.0 Å². The number of aromatic nitrogens is 2. The summed E-state index contributed by atoms with van der Waals surface area (Å²) in [5, 5.41) is 14.0. The molecule has 1 heterocycles. The van der Waals surface area contributed by atoms with Crippen molar-refractivity contribution in [2.45, 2.75) is 20.4 Å². The highest BCUT2D eigenvalue weighted by Gasteiger charge is 2.10. The Balaban J connectivity index is 2.14. The summed E-state index contributed by atoms with van der Waals surface area (Å²) >= 11 is 0. The van der Waals surface area contributed by atoms with E-state index in [4.69, 9.17) is 4.74 Å². The number of nitrogens with one attached hydrogen (secondary N) is 1. The molecule has 110 valence electrons. The number of ether oxygens (including phenoxy) is 1. The highest BCUT2D eigenvalue weighted by Crippen LogP contribution is 2.26. The Morgan fingerprint density at radius 1 is 1.29 bits per heavy atom. The molecule has 1 aromatic carbocycles. The van der Waals surface area contributed by atoms with Crippen LogP contribution in [0.5, 0.6) is 5.75 Å². The van der Waals surface area contributed by atoms with Crippen LogP contribution in [0.3, 0.4) is 0 Å². The van der Waals surface area contributed by atoms with Gasteiger partial charge in [-0.15, -0.1) is 0 Å². The third kappa shape index (κ3) is 4.13. The molecule has 2 rings (SSSR count). The molecule has 0 aliphatic rings. The maximum Gasteiger partial charge on any atom is 0.275 e. The molecule has 2 aromatic rings. The van der Waals surface area contributed by atoms with Crippen molar-refractivity contribution in [1.82, 2.24) is 9.97 Å². The number of hydrogen-bond acceptors (Lipinski definition) is 6. The molecule has 0 atom stereocenters. The fourth-order valence-corrected chi connectivity index (χ4v) is 1.74. The van der Waals surface area contributed by atoms with Crippen molar-refractivity contribution < 1.29 is 9.66 Å². The molecule has 0 amide bonds. The van der Waals surface area contributed by atoms with Crippen molar-refractivity contribution in [2.75, 3.05) is 11.9 Å². The van der Waals surface area contributed by atoms with Gasteiger partial charge in [0.15, 0.2) is 0 Å². The summed E-state index contributed by atoms with van der Waals surface area (Å²) in [5.74, 6) is 0.462. The summed E-state index contributed by atoms with van der Waals surface area (Å²) in [6.45, 7) is 4.57. The first-order valence-corrected chi connectivity index (χ1v) is 6.52. The first-order chi connectivity index (χ1) is 10.1. The van der Waals surface area contributed by atoms with E-state index in [1.807, 2.05) is 13.8 Å². The molecule has 0 saturated carbocycles. The number of non-ortho nitro benzene ring substituents is 1. The van der Waals surface area contributed by atoms with Gasteiger partial charge in [0.05, 0.1) is 41.7 Å². The van der Waals surface area contributed by atoms with Gasteiger partial charge in [-0.1, -0.05) is 0 Å². The molecule has 0 radical (unpaired) electrons. The lowest BCUT2D eigenvalue weighted by molar-refractivity contribution is -0.384. The summed E-state index contributed by atoms with van der Waals surface area (Å²) in [6.07, 6.45) is 3.35. The molecule has 0 fully saturated rings. The molecular formula is C14H16N4O3. The van der Waals surface area contributed by atoms with Crippen LogP contribution in [0.25, 0.3) is 0 Å². The van der Waals surface area contributed by atoms with Gasteiger partial charge in [-0.2, -0.15) is 0 Å². The van der Waals surface area contributed by atoms with E-state index in [1.54, 1.807) is 18.5 Å². The number of nitro benzene ring substituents is 1. The van der Waals surface area contributed by atoms with Crippen molar-refractivity contribution in [3.63, 3.8) is 0 Å². The number of anilines is 1. The molecule has 0 aliphatic heterocycles. The quantitative estimate of drug-likeness (QED) is 0.649. The van der Waals surface area contributed by atoms with Crippen molar-refractivity contribution >= 4 is 11.4 Å². The zero-order chi connectivity index (χ0) is 15.2. The Morgan fingerprint density at radius 2 is 2.10 bits per heavy atom. The normalized spacial score (nSPS) is 10.2. The fourth-order valence-electron chi connectivity index (χ4n) is 1.74. The van der Waals surface area contributed by atoms with Gasteiger partial charge in [-0.05, 0) is 13.8 Å². The van der Waals surface area contributed by atoms with E-state index in [2.05, 4.69) is 15.3 Å². The predicted molar refractivity (Wildman–Crippen MR) is 78.4 cm³/mol. The standard InChI is InChI=1S/C14H16N4O3/c1-3-21-14-5-11(4-13(6-14)18(19)20)17-9-12-8-15-10(2)7-16-12/h4-8,17H,3,9H2,1-2H3. The van der Waals surface area contributed by atoms with Crippen LogP contribution in [0.1, 0.15) is 18.3 Å². The van der Waals surface area contributed by atoms with Crippen LogP contribution in [0.2, 0.25) is 0 Å². The number of nitro groups is 1. The SMILES string of the molecule is CCOc1cc(NCc2cnc(C)cn2)cc([N+](=O)[O-])c1. The van der Waals surface area contributed by atoms with E-state index in [1.165, 1.54) is 12.1 Å². The van der Waals surface area contributed by atoms with Gasteiger partial charge in [0.2, 0.25) is 0 Å². The Labute approximate surface area is 122 Å². The average Bonchev–Trinajstić information content (AvgIpc) is 2.47. The number of rotatable bonds is 6. The Kier molecular flexibility index (Phi) is 4.65. The van der Waals surface area contributed by atoms with Gasteiger partial charge in [0.25, 0.3) is 5.69 Å². The van der Waals surface area contributed by atoms with Gasteiger partial charge in [0, 0.05) is 24.0 Å². The number of nitrogens with zero attached hydrogens (tertiary/aromatic N) is 3. The Morgan fingerprint density at radius 3 is 2.71 bits per heavy atom. The molecule has 0 spiro atoms. The van der Waals surface area contributed by atoms with E-state index in [0.29, 0.717) is 24.6 Å². The van der Waals surface area contributed by atoms with Crippen molar-refractivity contribution in [3.05, 3.63) is 52.1 Å². The largest absolute Gasteiger partial charge is 0.494 e. The van der Waals surface area contributed by atoms with Crippen molar-refractivity contribution in [2.24, 2.45) is 0 Å². The number of benzene rings is 1. The molecule has 1 N–H and O–H groups in total. The van der Waals surface area contributed by atoms with Gasteiger partial charge >= 0.3 is 0 Å². The van der Waals surface area contributed by atoms with Gasteiger partial charge in [-0.25, -0.2) is 0 Å². The van der Waals surface area contributed by atoms with Crippen LogP contribution in [-0.4, -0.2) is 21.5 Å². The number of aryl methyl sites for hydroxylation is 1. The summed E-state index contributed by atoms with van der Waals surface area (Å²) < 4.78 is 5.33. The third-order valence-corrected chi connectivity index (χ3v) is 2.72. The van der Waals surface area contributed by atoms with Gasteiger partial charge in [0.1, 0.15) is 5.75 Å². The maximum atomic E-state index is 10.9. The van der Waals surface area contributed by atoms with Crippen molar-refractivity contribution in [3.8, 4) is 5.75 Å². The molecule has 7 nitrogen and oxygen atoms in total. The summed E-state index contributed by atoms with van der Waals surface area (Å²) in [7, 11) is 0. The molecule has 0 unspecified atom stereocenters. The first-order valence-electron chi connectivity index (χ1n) is 6.52. The second-order valence-electron chi connectivity index (χ2n) is 4.41.